The summed E-state index contributed by atoms with van der Waals surface area (Å²) < 4.78 is 57.8. The lowest BCUT2D eigenvalue weighted by molar-refractivity contribution is -0.169. The Hall–Kier alpha value is -1.09. The van der Waals surface area contributed by atoms with Gasteiger partial charge in [0.25, 0.3) is 0 Å². The van der Waals surface area contributed by atoms with E-state index in [0.29, 0.717) is 6.42 Å². The fourth-order valence-corrected chi connectivity index (χ4v) is 1.47. The van der Waals surface area contributed by atoms with Gasteiger partial charge in [0.15, 0.2) is 11.9 Å². The summed E-state index contributed by atoms with van der Waals surface area (Å²) in [6, 6.07) is 0. The molecular formula is C7H8F2O6S. The van der Waals surface area contributed by atoms with Crippen molar-refractivity contribution in [3.63, 3.8) is 0 Å². The Morgan fingerprint density at radius 2 is 2.06 bits per heavy atom. The molecule has 1 aliphatic rings. The lowest BCUT2D eigenvalue weighted by Crippen LogP contribution is -2.41. The van der Waals surface area contributed by atoms with E-state index in [1.165, 1.54) is 0 Å². The van der Waals surface area contributed by atoms with Gasteiger partial charge in [-0.25, -0.2) is 4.79 Å². The normalized spacial score (nSPS) is 22.2. The van der Waals surface area contributed by atoms with Crippen molar-refractivity contribution in [3.8, 4) is 0 Å². The molecule has 0 bridgehead atoms. The van der Waals surface area contributed by atoms with Crippen molar-refractivity contribution in [3.05, 3.63) is 0 Å². The van der Waals surface area contributed by atoms with Gasteiger partial charge in [0.05, 0.1) is 0 Å². The third kappa shape index (κ3) is 2.35. The second kappa shape index (κ2) is 4.06. The number of ether oxygens (including phenoxy) is 1. The fraction of sp³-hybridized carbons (Fsp3) is 0.714. The molecule has 0 aromatic carbocycles. The topological polar surface area (TPSA) is 97.7 Å². The highest BCUT2D eigenvalue weighted by Gasteiger charge is 2.55. The molecule has 1 aliphatic carbocycles. The van der Waals surface area contributed by atoms with E-state index < -0.39 is 33.2 Å². The number of hydrogen-bond donors (Lipinski definition) is 1. The smallest absolute Gasteiger partial charge is 0.449 e. The zero-order chi connectivity index (χ0) is 12.6. The molecule has 1 atom stereocenters. The van der Waals surface area contributed by atoms with Gasteiger partial charge in [-0.3, -0.25) is 9.35 Å². The van der Waals surface area contributed by atoms with Crippen LogP contribution in [0.1, 0.15) is 19.3 Å². The van der Waals surface area contributed by atoms with Crippen molar-refractivity contribution in [1.82, 2.24) is 0 Å². The van der Waals surface area contributed by atoms with Gasteiger partial charge in [0.1, 0.15) is 0 Å². The summed E-state index contributed by atoms with van der Waals surface area (Å²) in [6.07, 6.45) is -0.796. The molecule has 0 radical (unpaired) electrons. The van der Waals surface area contributed by atoms with E-state index in [0.717, 1.165) is 0 Å². The van der Waals surface area contributed by atoms with Crippen LogP contribution in [0.2, 0.25) is 0 Å². The highest BCUT2D eigenvalue weighted by atomic mass is 32.2. The van der Waals surface area contributed by atoms with E-state index in [1.54, 1.807) is 0 Å². The van der Waals surface area contributed by atoms with Crippen LogP contribution < -0.4 is 0 Å². The van der Waals surface area contributed by atoms with Crippen LogP contribution in [0.25, 0.3) is 0 Å². The number of ketones is 1. The zero-order valence-electron chi connectivity index (χ0n) is 7.85. The molecule has 6 nitrogen and oxygen atoms in total. The summed E-state index contributed by atoms with van der Waals surface area (Å²) in [7, 11) is -5.88. The minimum Gasteiger partial charge on any atom is -0.449 e. The van der Waals surface area contributed by atoms with E-state index in [2.05, 4.69) is 4.74 Å². The van der Waals surface area contributed by atoms with Gasteiger partial charge in [-0.05, 0) is 12.8 Å². The van der Waals surface area contributed by atoms with Crippen LogP contribution in [0.5, 0.6) is 0 Å². The van der Waals surface area contributed by atoms with Crippen molar-refractivity contribution < 1.29 is 36.1 Å². The van der Waals surface area contributed by atoms with E-state index in [4.69, 9.17) is 4.55 Å². The molecule has 1 unspecified atom stereocenters. The summed E-state index contributed by atoms with van der Waals surface area (Å²) >= 11 is 0. The Labute approximate surface area is 89.3 Å². The number of rotatable bonds is 3. The summed E-state index contributed by atoms with van der Waals surface area (Å²) in [5.74, 6) is -2.98. The van der Waals surface area contributed by atoms with Crippen LogP contribution in [-0.2, 0) is 24.4 Å². The summed E-state index contributed by atoms with van der Waals surface area (Å²) in [5.41, 5.74) is 0. The second-order valence-corrected chi connectivity index (χ2v) is 4.71. The third-order valence-electron chi connectivity index (χ3n) is 2.06. The predicted octanol–water partition coefficient (Wildman–Crippen LogP) is 0.132. The van der Waals surface area contributed by atoms with Crippen LogP contribution in [0.4, 0.5) is 8.78 Å². The highest BCUT2D eigenvalue weighted by Crippen LogP contribution is 2.25. The first-order valence-corrected chi connectivity index (χ1v) is 5.69. The monoisotopic (exact) mass is 258 g/mol. The lowest BCUT2D eigenvalue weighted by atomic mass is 10.3. The first-order valence-electron chi connectivity index (χ1n) is 4.25. The van der Waals surface area contributed by atoms with Gasteiger partial charge in [0, 0.05) is 6.42 Å². The number of carbonyl (C=O) groups excluding carboxylic acids is 2. The number of alkyl halides is 2. The summed E-state index contributed by atoms with van der Waals surface area (Å²) in [5, 5.41) is -5.05. The molecule has 0 aromatic rings. The van der Waals surface area contributed by atoms with Gasteiger partial charge in [-0.15, -0.1) is 0 Å². The van der Waals surface area contributed by atoms with Gasteiger partial charge in [-0.1, -0.05) is 0 Å². The quantitative estimate of drug-likeness (QED) is 0.570. The minimum atomic E-state index is -5.88. The molecule has 0 saturated heterocycles. The maximum atomic E-state index is 12.7. The van der Waals surface area contributed by atoms with Crippen molar-refractivity contribution in [1.29, 1.82) is 0 Å². The number of carbonyl (C=O) groups is 2. The third-order valence-corrected chi connectivity index (χ3v) is 2.87. The fourth-order valence-electron chi connectivity index (χ4n) is 1.21. The van der Waals surface area contributed by atoms with E-state index in [-0.39, 0.29) is 12.8 Å². The highest BCUT2D eigenvalue weighted by molar-refractivity contribution is 7.87. The molecule has 1 rings (SSSR count). The van der Waals surface area contributed by atoms with Crippen molar-refractivity contribution in [2.24, 2.45) is 0 Å². The molecule has 1 fully saturated rings. The minimum absolute atomic E-state index is 0.0755. The van der Waals surface area contributed by atoms with Gasteiger partial charge < -0.3 is 4.74 Å². The van der Waals surface area contributed by atoms with Gasteiger partial charge >= 0.3 is 21.3 Å². The van der Waals surface area contributed by atoms with Crippen molar-refractivity contribution >= 4 is 21.9 Å². The van der Waals surface area contributed by atoms with Gasteiger partial charge in [0.2, 0.25) is 0 Å². The molecular weight excluding hydrogens is 250 g/mol. The number of hydrogen-bond acceptors (Lipinski definition) is 5. The summed E-state index contributed by atoms with van der Waals surface area (Å²) in [6.45, 7) is 0. The maximum absolute atomic E-state index is 12.7. The van der Waals surface area contributed by atoms with Crippen LogP contribution in [0, 0.1) is 0 Å². The van der Waals surface area contributed by atoms with Gasteiger partial charge in [-0.2, -0.15) is 17.2 Å². The molecule has 16 heavy (non-hydrogen) atoms. The van der Waals surface area contributed by atoms with E-state index in [1.807, 2.05) is 0 Å². The largest absolute Gasteiger partial charge is 0.465 e. The SMILES string of the molecule is O=C1CCCC1OC(=O)C(F)(F)S(=O)(=O)O. The maximum Gasteiger partial charge on any atom is 0.465 e. The molecule has 9 heteroatoms. The Kier molecular flexibility index (Phi) is 3.29. The number of halogens is 2. The van der Waals surface area contributed by atoms with E-state index in [9.17, 15) is 26.8 Å². The number of esters is 1. The van der Waals surface area contributed by atoms with Crippen LogP contribution in [0.3, 0.4) is 0 Å². The first-order chi connectivity index (χ1) is 7.16. The molecule has 1 saturated carbocycles. The van der Waals surface area contributed by atoms with Crippen molar-refractivity contribution in [2.75, 3.05) is 0 Å². The Balaban J connectivity index is 2.76. The second-order valence-electron chi connectivity index (χ2n) is 3.24. The Bertz CT molecular complexity index is 415. The summed E-state index contributed by atoms with van der Waals surface area (Å²) in [4.78, 5) is 21.7. The average molecular weight is 258 g/mol. The van der Waals surface area contributed by atoms with Crippen LogP contribution in [-0.4, -0.2) is 36.1 Å². The zero-order valence-corrected chi connectivity index (χ0v) is 8.67. The molecule has 1 N–H and O–H groups in total. The number of Topliss-reactive ketones (excluding diaryl/α,β-unsaturated/α-hetero) is 1. The average Bonchev–Trinajstić information content (AvgIpc) is 2.49. The standard InChI is InChI=1S/C7H8F2O6S/c8-7(9,16(12,13)14)6(11)15-5-3-1-2-4(5)10/h5H,1-3H2,(H,12,13,14). The lowest BCUT2D eigenvalue weighted by Gasteiger charge is -2.15. The molecule has 0 aromatic heterocycles. The van der Waals surface area contributed by atoms with Crippen LogP contribution in [0.15, 0.2) is 0 Å². The Morgan fingerprint density at radius 3 is 2.44 bits per heavy atom. The Morgan fingerprint density at radius 1 is 1.50 bits per heavy atom. The predicted molar refractivity (Wildman–Crippen MR) is 45.2 cm³/mol. The molecule has 92 valence electrons. The van der Waals surface area contributed by atoms with E-state index >= 15 is 0 Å². The molecule has 0 heterocycles. The molecule has 0 amide bonds. The molecule has 0 aliphatic heterocycles. The van der Waals surface area contributed by atoms with Crippen LogP contribution >= 0.6 is 0 Å². The first kappa shape index (κ1) is 13.0. The molecule has 0 spiro atoms. The van der Waals surface area contributed by atoms with Crippen molar-refractivity contribution in [2.45, 2.75) is 30.6 Å².